The molecule has 23 heavy (non-hydrogen) atoms. The predicted molar refractivity (Wildman–Crippen MR) is 91.9 cm³/mol. The molecule has 0 aliphatic rings. The molecule has 122 valence electrons. The molecule has 0 saturated carbocycles. The van der Waals surface area contributed by atoms with Gasteiger partial charge in [0.05, 0.1) is 14.2 Å². The van der Waals surface area contributed by atoms with Gasteiger partial charge in [-0.15, -0.1) is 0 Å². The van der Waals surface area contributed by atoms with E-state index in [0.717, 1.165) is 20.9 Å². The van der Waals surface area contributed by atoms with Gasteiger partial charge in [-0.1, -0.05) is 22.0 Å². The lowest BCUT2D eigenvalue weighted by Gasteiger charge is -2.05. The second kappa shape index (κ2) is 7.97. The van der Waals surface area contributed by atoms with Crippen molar-refractivity contribution >= 4 is 44.8 Å². The van der Waals surface area contributed by atoms with E-state index in [0.29, 0.717) is 19.4 Å². The minimum Gasteiger partial charge on any atom is -0.469 e. The lowest BCUT2D eigenvalue weighted by molar-refractivity contribution is -0.140. The molecule has 1 aromatic heterocycles. The van der Waals surface area contributed by atoms with Crippen LogP contribution in [0.3, 0.4) is 0 Å². The van der Waals surface area contributed by atoms with Crippen LogP contribution in [0.1, 0.15) is 18.4 Å². The number of ether oxygens (including phenoxy) is 2. The van der Waals surface area contributed by atoms with Crippen LogP contribution < -0.4 is 0 Å². The van der Waals surface area contributed by atoms with Crippen LogP contribution in [-0.4, -0.2) is 30.7 Å². The van der Waals surface area contributed by atoms with Crippen molar-refractivity contribution < 1.29 is 19.1 Å². The molecule has 0 aliphatic carbocycles. The molecule has 0 atom stereocenters. The summed E-state index contributed by atoms with van der Waals surface area (Å²) in [6, 6.07) is 5.92. The van der Waals surface area contributed by atoms with E-state index >= 15 is 0 Å². The van der Waals surface area contributed by atoms with Crippen molar-refractivity contribution in [2.45, 2.75) is 19.4 Å². The van der Waals surface area contributed by atoms with E-state index < -0.39 is 5.97 Å². The molecule has 0 saturated heterocycles. The van der Waals surface area contributed by atoms with Gasteiger partial charge >= 0.3 is 11.9 Å². The number of rotatable bonds is 6. The summed E-state index contributed by atoms with van der Waals surface area (Å²) < 4.78 is 12.3. The maximum atomic E-state index is 11.3. The van der Waals surface area contributed by atoms with Crippen molar-refractivity contribution in [3.05, 3.63) is 40.5 Å². The van der Waals surface area contributed by atoms with Crippen LogP contribution >= 0.6 is 15.9 Å². The number of methoxy groups -OCH3 is 2. The van der Waals surface area contributed by atoms with E-state index in [1.807, 2.05) is 24.4 Å². The highest BCUT2D eigenvalue weighted by molar-refractivity contribution is 9.10. The summed E-state index contributed by atoms with van der Waals surface area (Å²) in [6.45, 7) is 0.689. The van der Waals surface area contributed by atoms with Gasteiger partial charge in [0.1, 0.15) is 0 Å². The summed E-state index contributed by atoms with van der Waals surface area (Å²) in [5.74, 6) is -0.614. The van der Waals surface area contributed by atoms with E-state index in [4.69, 9.17) is 0 Å². The zero-order valence-corrected chi connectivity index (χ0v) is 14.6. The Kier molecular flexibility index (Phi) is 5.98. The van der Waals surface area contributed by atoms with Crippen LogP contribution in [0.5, 0.6) is 0 Å². The minimum absolute atomic E-state index is 0.214. The molecule has 1 heterocycles. The quantitative estimate of drug-likeness (QED) is 0.568. The SMILES string of the molecule is COC(=O)C=Cc1cn(CCCC(=O)OC)c2cccc(Br)c12. The van der Waals surface area contributed by atoms with Crippen molar-refractivity contribution in [1.82, 2.24) is 4.57 Å². The van der Waals surface area contributed by atoms with Gasteiger partial charge < -0.3 is 14.0 Å². The van der Waals surface area contributed by atoms with Gasteiger partial charge in [-0.05, 0) is 24.6 Å². The minimum atomic E-state index is -0.399. The lowest BCUT2D eigenvalue weighted by Crippen LogP contribution is -2.03. The van der Waals surface area contributed by atoms with Crippen molar-refractivity contribution in [3.8, 4) is 0 Å². The average Bonchev–Trinajstić information content (AvgIpc) is 2.91. The van der Waals surface area contributed by atoms with Gasteiger partial charge in [0, 0.05) is 46.2 Å². The Balaban J connectivity index is 2.31. The van der Waals surface area contributed by atoms with Gasteiger partial charge in [0.25, 0.3) is 0 Å². The highest BCUT2D eigenvalue weighted by atomic mass is 79.9. The van der Waals surface area contributed by atoms with Crippen LogP contribution in [0.25, 0.3) is 17.0 Å². The van der Waals surface area contributed by atoms with Crippen molar-refractivity contribution in [3.63, 3.8) is 0 Å². The molecule has 0 fully saturated rings. The molecular formula is C17H18BrNO4. The number of carbonyl (C=O) groups is 2. The van der Waals surface area contributed by atoms with Gasteiger partial charge in [-0.3, -0.25) is 4.79 Å². The third-order valence-corrected chi connectivity index (χ3v) is 4.15. The van der Waals surface area contributed by atoms with E-state index in [2.05, 4.69) is 30.0 Å². The predicted octanol–water partition coefficient (Wildman–Crippen LogP) is 3.54. The van der Waals surface area contributed by atoms with Crippen LogP contribution in [0.4, 0.5) is 0 Å². The first-order valence-electron chi connectivity index (χ1n) is 7.17. The Bertz CT molecular complexity index is 748. The van der Waals surface area contributed by atoms with Crippen molar-refractivity contribution in [1.29, 1.82) is 0 Å². The summed E-state index contributed by atoms with van der Waals surface area (Å²) in [6.07, 6.45) is 6.15. The zero-order valence-electron chi connectivity index (χ0n) is 13.0. The van der Waals surface area contributed by atoms with Gasteiger partial charge in [0.2, 0.25) is 0 Å². The number of hydrogen-bond acceptors (Lipinski definition) is 4. The molecule has 2 rings (SSSR count). The third-order valence-electron chi connectivity index (χ3n) is 3.49. The molecule has 6 heteroatoms. The van der Waals surface area contributed by atoms with E-state index in [1.54, 1.807) is 6.08 Å². The molecule has 0 unspecified atom stereocenters. The van der Waals surface area contributed by atoms with E-state index in [-0.39, 0.29) is 5.97 Å². The molecule has 0 spiro atoms. The number of aromatic nitrogens is 1. The van der Waals surface area contributed by atoms with Crippen LogP contribution in [0.15, 0.2) is 34.9 Å². The van der Waals surface area contributed by atoms with E-state index in [1.165, 1.54) is 20.3 Å². The molecule has 0 bridgehead atoms. The first-order chi connectivity index (χ1) is 11.1. The Hall–Kier alpha value is -2.08. The molecule has 1 aromatic carbocycles. The Morgan fingerprint density at radius 2 is 2.04 bits per heavy atom. The summed E-state index contributed by atoms with van der Waals surface area (Å²) >= 11 is 3.55. The third kappa shape index (κ3) is 4.22. The molecule has 0 aliphatic heterocycles. The highest BCUT2D eigenvalue weighted by Gasteiger charge is 2.10. The van der Waals surface area contributed by atoms with Crippen molar-refractivity contribution in [2.75, 3.05) is 14.2 Å². The Morgan fingerprint density at radius 1 is 1.26 bits per heavy atom. The van der Waals surface area contributed by atoms with Gasteiger partial charge in [-0.25, -0.2) is 4.79 Å². The normalized spacial score (nSPS) is 11.1. The lowest BCUT2D eigenvalue weighted by atomic mass is 10.1. The first kappa shape index (κ1) is 17.3. The number of esters is 2. The fourth-order valence-corrected chi connectivity index (χ4v) is 2.96. The zero-order chi connectivity index (χ0) is 16.8. The van der Waals surface area contributed by atoms with Crippen LogP contribution in [0.2, 0.25) is 0 Å². The van der Waals surface area contributed by atoms with Crippen LogP contribution in [-0.2, 0) is 25.6 Å². The Labute approximate surface area is 143 Å². The summed E-state index contributed by atoms with van der Waals surface area (Å²) in [4.78, 5) is 22.5. The van der Waals surface area contributed by atoms with Crippen molar-refractivity contribution in [2.24, 2.45) is 0 Å². The second-order valence-electron chi connectivity index (χ2n) is 4.95. The van der Waals surface area contributed by atoms with Gasteiger partial charge in [0.15, 0.2) is 0 Å². The summed E-state index contributed by atoms with van der Waals surface area (Å²) in [5, 5.41) is 1.02. The summed E-state index contributed by atoms with van der Waals surface area (Å²) in [5.41, 5.74) is 1.95. The molecule has 0 radical (unpaired) electrons. The smallest absolute Gasteiger partial charge is 0.330 e. The molecule has 0 amide bonds. The molecule has 0 N–H and O–H groups in total. The average molecular weight is 380 g/mol. The Morgan fingerprint density at radius 3 is 2.74 bits per heavy atom. The number of aryl methyl sites for hydroxylation is 1. The van der Waals surface area contributed by atoms with Gasteiger partial charge in [-0.2, -0.15) is 0 Å². The number of hydrogen-bond donors (Lipinski definition) is 0. The fourth-order valence-electron chi connectivity index (χ4n) is 2.37. The fraction of sp³-hybridized carbons (Fsp3) is 0.294. The molecule has 5 nitrogen and oxygen atoms in total. The number of benzene rings is 1. The number of halogens is 1. The molecular weight excluding hydrogens is 362 g/mol. The maximum absolute atomic E-state index is 11.3. The highest BCUT2D eigenvalue weighted by Crippen LogP contribution is 2.30. The largest absolute Gasteiger partial charge is 0.469 e. The number of carbonyl (C=O) groups excluding carboxylic acids is 2. The monoisotopic (exact) mass is 379 g/mol. The second-order valence-corrected chi connectivity index (χ2v) is 5.80. The standard InChI is InChI=1S/C17H18BrNO4/c1-22-15(20)7-4-10-19-11-12(8-9-16(21)23-2)17-13(18)5-3-6-14(17)19/h3,5-6,8-9,11H,4,7,10H2,1-2H3. The number of fused-ring (bicyclic) bond motifs is 1. The first-order valence-corrected chi connectivity index (χ1v) is 7.96. The van der Waals surface area contributed by atoms with Crippen LogP contribution in [0, 0.1) is 0 Å². The topological polar surface area (TPSA) is 57.5 Å². The van der Waals surface area contributed by atoms with E-state index in [9.17, 15) is 9.59 Å². The summed E-state index contributed by atoms with van der Waals surface area (Å²) in [7, 11) is 2.74. The molecule has 2 aromatic rings. The maximum Gasteiger partial charge on any atom is 0.330 e. The number of nitrogens with zero attached hydrogens (tertiary/aromatic N) is 1.